The number of aliphatic carboxylic acids is 2. The van der Waals surface area contributed by atoms with Crippen LogP contribution in [0.15, 0.2) is 30.3 Å². The van der Waals surface area contributed by atoms with Crippen LogP contribution in [-0.4, -0.2) is 40.8 Å². The molecule has 5 N–H and O–H groups in total. The number of hydrogen-bond donors (Lipinski definition) is 4. The first kappa shape index (κ1) is 16.1. The van der Waals surface area contributed by atoms with Gasteiger partial charge in [-0.05, 0) is 31.4 Å². The Morgan fingerprint density at radius 3 is 2.35 bits per heavy atom. The highest BCUT2D eigenvalue weighted by Crippen LogP contribution is 2.03. The second kappa shape index (κ2) is 8.29. The molecule has 0 bridgehead atoms. The summed E-state index contributed by atoms with van der Waals surface area (Å²) in [6.07, 6.45) is 2.17. The highest BCUT2D eigenvalue weighted by molar-refractivity contribution is 5.74. The van der Waals surface area contributed by atoms with E-state index >= 15 is 0 Å². The van der Waals surface area contributed by atoms with E-state index in [-0.39, 0.29) is 6.04 Å². The van der Waals surface area contributed by atoms with Gasteiger partial charge in [-0.25, -0.2) is 0 Å². The Bertz CT molecular complexity index is 430. The Balaban J connectivity index is 0.000000217. The third-order valence-electron chi connectivity index (χ3n) is 2.97. The highest BCUT2D eigenvalue weighted by atomic mass is 16.4. The van der Waals surface area contributed by atoms with Crippen LogP contribution in [0.2, 0.25) is 0 Å². The summed E-state index contributed by atoms with van der Waals surface area (Å²) < 4.78 is 0. The van der Waals surface area contributed by atoms with E-state index in [0.717, 1.165) is 24.9 Å². The molecule has 110 valence electrons. The Hall–Kier alpha value is -1.92. The van der Waals surface area contributed by atoms with Gasteiger partial charge in [0.1, 0.15) is 12.1 Å². The van der Waals surface area contributed by atoms with Gasteiger partial charge in [-0.15, -0.1) is 0 Å². The van der Waals surface area contributed by atoms with Crippen LogP contribution in [-0.2, 0) is 16.0 Å². The third kappa shape index (κ3) is 5.81. The van der Waals surface area contributed by atoms with E-state index < -0.39 is 18.0 Å². The molecule has 2 rings (SSSR count). The van der Waals surface area contributed by atoms with Crippen molar-refractivity contribution < 1.29 is 19.8 Å². The normalized spacial score (nSPS) is 18.8. The van der Waals surface area contributed by atoms with Crippen molar-refractivity contribution in [1.82, 2.24) is 5.32 Å². The average molecular weight is 280 g/mol. The first-order valence-electron chi connectivity index (χ1n) is 6.49. The van der Waals surface area contributed by atoms with Gasteiger partial charge in [-0.1, -0.05) is 30.3 Å². The van der Waals surface area contributed by atoms with Crippen molar-refractivity contribution in [3.05, 3.63) is 35.9 Å². The van der Waals surface area contributed by atoms with Gasteiger partial charge in [0.15, 0.2) is 0 Å². The molecule has 1 aromatic rings. The topological polar surface area (TPSA) is 113 Å². The number of hydrogen-bond acceptors (Lipinski definition) is 4. The van der Waals surface area contributed by atoms with Crippen molar-refractivity contribution in [3.8, 4) is 0 Å². The van der Waals surface area contributed by atoms with Crippen LogP contribution in [0, 0.1) is 0 Å². The van der Waals surface area contributed by atoms with Gasteiger partial charge in [0, 0.05) is 0 Å². The van der Waals surface area contributed by atoms with Crippen molar-refractivity contribution >= 4 is 11.9 Å². The van der Waals surface area contributed by atoms with Crippen LogP contribution >= 0.6 is 0 Å². The van der Waals surface area contributed by atoms with E-state index in [1.54, 1.807) is 0 Å². The highest BCUT2D eigenvalue weighted by Gasteiger charge is 2.20. The minimum Gasteiger partial charge on any atom is -0.480 e. The molecule has 2 atom stereocenters. The Morgan fingerprint density at radius 2 is 1.95 bits per heavy atom. The number of carboxylic acid groups (broad SMARTS) is 2. The quantitative estimate of drug-likeness (QED) is 0.637. The number of benzene rings is 1. The minimum atomic E-state index is -0.959. The summed E-state index contributed by atoms with van der Waals surface area (Å²) >= 11 is 0. The van der Waals surface area contributed by atoms with Crippen LogP contribution in [0.1, 0.15) is 18.4 Å². The smallest absolute Gasteiger partial charge is 0.320 e. The summed E-state index contributed by atoms with van der Waals surface area (Å²) in [6.45, 7) is 0.858. The maximum atomic E-state index is 10.4. The van der Waals surface area contributed by atoms with Gasteiger partial charge in [-0.2, -0.15) is 0 Å². The van der Waals surface area contributed by atoms with E-state index in [2.05, 4.69) is 5.32 Å². The van der Waals surface area contributed by atoms with Crippen LogP contribution in [0.3, 0.4) is 0 Å². The van der Waals surface area contributed by atoms with Crippen molar-refractivity contribution in [2.45, 2.75) is 31.3 Å². The molecule has 1 aliphatic heterocycles. The largest absolute Gasteiger partial charge is 0.480 e. The molecule has 0 radical (unpaired) electrons. The van der Waals surface area contributed by atoms with E-state index in [1.165, 1.54) is 0 Å². The summed E-state index contributed by atoms with van der Waals surface area (Å²) in [5, 5.41) is 19.7. The Morgan fingerprint density at radius 1 is 1.30 bits per heavy atom. The van der Waals surface area contributed by atoms with E-state index in [4.69, 9.17) is 15.9 Å². The lowest BCUT2D eigenvalue weighted by Gasteiger charge is -2.04. The zero-order chi connectivity index (χ0) is 15.0. The molecule has 1 aliphatic rings. The summed E-state index contributed by atoms with van der Waals surface area (Å²) in [5.74, 6) is -1.68. The lowest BCUT2D eigenvalue weighted by Crippen LogP contribution is -2.32. The predicted octanol–water partition coefficient (Wildman–Crippen LogP) is 0.464. The van der Waals surface area contributed by atoms with Gasteiger partial charge in [0.05, 0.1) is 0 Å². The SMILES string of the molecule is NC(Cc1ccccc1)C(=O)O.O=C(O)[C@@H]1CCCN1. The molecule has 1 fully saturated rings. The molecule has 0 saturated carbocycles. The fourth-order valence-electron chi connectivity index (χ4n) is 1.85. The first-order valence-corrected chi connectivity index (χ1v) is 6.49. The second-order valence-electron chi connectivity index (χ2n) is 4.62. The molecule has 1 aromatic carbocycles. The maximum Gasteiger partial charge on any atom is 0.320 e. The molecule has 6 heteroatoms. The average Bonchev–Trinajstić information content (AvgIpc) is 2.94. The molecule has 0 spiro atoms. The monoisotopic (exact) mass is 280 g/mol. The molecule has 20 heavy (non-hydrogen) atoms. The third-order valence-corrected chi connectivity index (χ3v) is 2.97. The number of rotatable bonds is 4. The summed E-state index contributed by atoms with van der Waals surface area (Å²) in [6, 6.07) is 8.28. The van der Waals surface area contributed by atoms with E-state index in [9.17, 15) is 9.59 Å². The lowest BCUT2D eigenvalue weighted by atomic mass is 10.1. The van der Waals surface area contributed by atoms with Gasteiger partial charge in [0.2, 0.25) is 0 Å². The van der Waals surface area contributed by atoms with E-state index in [1.807, 2.05) is 30.3 Å². The van der Waals surface area contributed by atoms with Crippen LogP contribution in [0.25, 0.3) is 0 Å². The number of nitrogens with two attached hydrogens (primary N) is 1. The molecular weight excluding hydrogens is 260 g/mol. The zero-order valence-corrected chi connectivity index (χ0v) is 11.2. The lowest BCUT2D eigenvalue weighted by molar-refractivity contribution is -0.139. The van der Waals surface area contributed by atoms with Crippen molar-refractivity contribution in [2.75, 3.05) is 6.54 Å². The van der Waals surface area contributed by atoms with Gasteiger partial charge >= 0.3 is 11.9 Å². The molecule has 1 unspecified atom stereocenters. The Labute approximate surface area is 117 Å². The number of nitrogens with one attached hydrogen (secondary N) is 1. The molecular formula is C14H20N2O4. The Kier molecular flexibility index (Phi) is 6.69. The minimum absolute atomic E-state index is 0.269. The molecule has 0 aromatic heterocycles. The predicted molar refractivity (Wildman–Crippen MR) is 74.4 cm³/mol. The molecule has 0 amide bonds. The van der Waals surface area contributed by atoms with E-state index in [0.29, 0.717) is 6.42 Å². The van der Waals surface area contributed by atoms with Gasteiger partial charge in [-0.3, -0.25) is 9.59 Å². The summed E-state index contributed by atoms with van der Waals surface area (Å²) in [7, 11) is 0. The summed E-state index contributed by atoms with van der Waals surface area (Å²) in [5.41, 5.74) is 6.30. The molecule has 0 aliphatic carbocycles. The van der Waals surface area contributed by atoms with Crippen LogP contribution in [0.5, 0.6) is 0 Å². The van der Waals surface area contributed by atoms with Crippen molar-refractivity contribution in [1.29, 1.82) is 0 Å². The van der Waals surface area contributed by atoms with Crippen LogP contribution < -0.4 is 11.1 Å². The number of carboxylic acids is 2. The molecule has 1 heterocycles. The van der Waals surface area contributed by atoms with Crippen molar-refractivity contribution in [3.63, 3.8) is 0 Å². The number of carbonyl (C=O) groups is 2. The maximum absolute atomic E-state index is 10.4. The van der Waals surface area contributed by atoms with Crippen LogP contribution in [0.4, 0.5) is 0 Å². The second-order valence-corrected chi connectivity index (χ2v) is 4.62. The molecule has 6 nitrogen and oxygen atoms in total. The van der Waals surface area contributed by atoms with Gasteiger partial charge < -0.3 is 21.3 Å². The zero-order valence-electron chi connectivity index (χ0n) is 11.2. The van der Waals surface area contributed by atoms with Crippen molar-refractivity contribution in [2.24, 2.45) is 5.73 Å². The fraction of sp³-hybridized carbons (Fsp3) is 0.429. The standard InChI is InChI=1S/C9H11NO2.C5H9NO2/c10-8(9(11)12)6-7-4-2-1-3-5-7;7-5(8)4-2-1-3-6-4/h1-5,8H,6,10H2,(H,11,12);4,6H,1-3H2,(H,7,8)/t;4-/m.0/s1. The molecule has 1 saturated heterocycles. The summed E-state index contributed by atoms with van der Waals surface area (Å²) in [4.78, 5) is 20.5. The fourth-order valence-corrected chi connectivity index (χ4v) is 1.85. The van der Waals surface area contributed by atoms with Gasteiger partial charge in [0.25, 0.3) is 0 Å². The first-order chi connectivity index (χ1) is 9.50.